The molecule has 3 N–H and O–H groups in total. The molecular formula is C19H29N5O2. The van der Waals surface area contributed by atoms with Gasteiger partial charge in [-0.2, -0.15) is 0 Å². The molecular weight excluding hydrogens is 330 g/mol. The lowest BCUT2D eigenvalue weighted by Gasteiger charge is -2.36. The summed E-state index contributed by atoms with van der Waals surface area (Å²) in [5.74, 6) is 0.450. The van der Waals surface area contributed by atoms with Gasteiger partial charge in [0.05, 0.1) is 17.8 Å². The maximum absolute atomic E-state index is 12.3. The molecule has 7 heteroatoms. The topological polar surface area (TPSA) is 91.6 Å². The van der Waals surface area contributed by atoms with E-state index in [1.54, 1.807) is 6.20 Å². The molecule has 142 valence electrons. The smallest absolute Gasteiger partial charge is 0.252 e. The Kier molecular flexibility index (Phi) is 6.08. The number of amides is 2. The number of carbonyl (C=O) groups excluding carboxylic acids is 2. The van der Waals surface area contributed by atoms with Gasteiger partial charge in [0.25, 0.3) is 5.91 Å². The summed E-state index contributed by atoms with van der Waals surface area (Å²) >= 11 is 0. The lowest BCUT2D eigenvalue weighted by atomic mass is 9.87. The molecule has 1 aliphatic heterocycles. The number of piperazine rings is 1. The van der Waals surface area contributed by atoms with Crippen molar-refractivity contribution >= 4 is 17.5 Å². The van der Waals surface area contributed by atoms with Crippen LogP contribution >= 0.6 is 0 Å². The number of nitrogens with two attached hydrogens (primary N) is 1. The Balaban J connectivity index is 1.47. The van der Waals surface area contributed by atoms with Crippen LogP contribution in [0.2, 0.25) is 0 Å². The van der Waals surface area contributed by atoms with Crippen LogP contribution in [-0.2, 0) is 4.79 Å². The van der Waals surface area contributed by atoms with Gasteiger partial charge in [0.1, 0.15) is 0 Å². The van der Waals surface area contributed by atoms with E-state index in [0.717, 1.165) is 50.6 Å². The van der Waals surface area contributed by atoms with Gasteiger partial charge in [-0.3, -0.25) is 19.5 Å². The first kappa shape index (κ1) is 18.6. The Hall–Kier alpha value is -2.15. The summed E-state index contributed by atoms with van der Waals surface area (Å²) in [4.78, 5) is 32.2. The zero-order chi connectivity index (χ0) is 18.5. The molecule has 2 amide bonds. The van der Waals surface area contributed by atoms with Crippen LogP contribution in [-0.4, -0.2) is 60.5 Å². The Morgan fingerprint density at radius 2 is 1.88 bits per heavy atom. The van der Waals surface area contributed by atoms with Gasteiger partial charge in [-0.05, 0) is 37.7 Å². The van der Waals surface area contributed by atoms with Gasteiger partial charge in [0.2, 0.25) is 5.91 Å². The molecule has 1 aromatic heterocycles. The number of anilines is 1. The van der Waals surface area contributed by atoms with Crippen molar-refractivity contribution in [3.8, 4) is 0 Å². The molecule has 2 fully saturated rings. The summed E-state index contributed by atoms with van der Waals surface area (Å²) in [5.41, 5.74) is 6.72. The first-order valence-electron chi connectivity index (χ1n) is 9.53. The molecule has 0 bridgehead atoms. The maximum Gasteiger partial charge on any atom is 0.252 e. The Labute approximate surface area is 154 Å². The van der Waals surface area contributed by atoms with Gasteiger partial charge in [-0.15, -0.1) is 0 Å². The highest BCUT2D eigenvalue weighted by molar-refractivity contribution is 5.98. The summed E-state index contributed by atoms with van der Waals surface area (Å²) in [7, 11) is 0. The fourth-order valence-electron chi connectivity index (χ4n) is 3.88. The van der Waals surface area contributed by atoms with E-state index in [1.165, 1.54) is 19.0 Å². The quantitative estimate of drug-likeness (QED) is 0.818. The van der Waals surface area contributed by atoms with Crippen LogP contribution in [0.25, 0.3) is 0 Å². The van der Waals surface area contributed by atoms with Crippen molar-refractivity contribution in [1.82, 2.24) is 15.2 Å². The zero-order valence-corrected chi connectivity index (χ0v) is 15.5. The van der Waals surface area contributed by atoms with Crippen LogP contribution < -0.4 is 16.0 Å². The molecule has 26 heavy (non-hydrogen) atoms. The highest BCUT2D eigenvalue weighted by Gasteiger charge is 2.24. The third-order valence-corrected chi connectivity index (χ3v) is 5.52. The normalized spacial score (nSPS) is 24.3. The molecule has 1 saturated heterocycles. The lowest BCUT2D eigenvalue weighted by Crippen LogP contribution is -2.51. The number of hydrogen-bond acceptors (Lipinski definition) is 5. The van der Waals surface area contributed by atoms with Crippen molar-refractivity contribution in [2.75, 3.05) is 37.6 Å². The summed E-state index contributed by atoms with van der Waals surface area (Å²) in [5, 5.41) is 3.19. The van der Waals surface area contributed by atoms with Crippen LogP contribution in [0.3, 0.4) is 0 Å². The minimum Gasteiger partial charge on any atom is -0.368 e. The largest absolute Gasteiger partial charge is 0.368 e. The second-order valence-electron chi connectivity index (χ2n) is 7.54. The van der Waals surface area contributed by atoms with Crippen LogP contribution in [0.15, 0.2) is 18.5 Å². The molecule has 0 radical (unpaired) electrons. The van der Waals surface area contributed by atoms with E-state index in [1.807, 2.05) is 6.07 Å². The van der Waals surface area contributed by atoms with Crippen molar-refractivity contribution in [3.05, 3.63) is 24.0 Å². The number of pyridine rings is 1. The van der Waals surface area contributed by atoms with Gasteiger partial charge in [0.15, 0.2) is 0 Å². The highest BCUT2D eigenvalue weighted by atomic mass is 16.2. The van der Waals surface area contributed by atoms with Crippen LogP contribution in [0, 0.1) is 5.92 Å². The number of primary amides is 1. The highest BCUT2D eigenvalue weighted by Crippen LogP contribution is 2.23. The summed E-state index contributed by atoms with van der Waals surface area (Å²) < 4.78 is 0. The molecule has 0 spiro atoms. The van der Waals surface area contributed by atoms with E-state index < -0.39 is 5.91 Å². The summed E-state index contributed by atoms with van der Waals surface area (Å²) in [6.45, 7) is 5.82. The van der Waals surface area contributed by atoms with E-state index in [4.69, 9.17) is 5.73 Å². The maximum atomic E-state index is 12.3. The van der Waals surface area contributed by atoms with E-state index in [9.17, 15) is 9.59 Å². The number of nitrogens with one attached hydrogen (secondary N) is 1. The molecule has 1 aromatic rings. The number of hydrogen-bond donors (Lipinski definition) is 2. The Morgan fingerprint density at radius 1 is 1.19 bits per heavy atom. The average Bonchev–Trinajstić information content (AvgIpc) is 2.64. The molecule has 1 aliphatic carbocycles. The number of rotatable bonds is 5. The van der Waals surface area contributed by atoms with Gasteiger partial charge in [0, 0.05) is 44.6 Å². The van der Waals surface area contributed by atoms with Gasteiger partial charge < -0.3 is 16.0 Å². The molecule has 0 unspecified atom stereocenters. The van der Waals surface area contributed by atoms with Crippen molar-refractivity contribution < 1.29 is 9.59 Å². The molecule has 0 aromatic carbocycles. The van der Waals surface area contributed by atoms with Crippen LogP contribution in [0.1, 0.15) is 43.0 Å². The third kappa shape index (κ3) is 4.72. The lowest BCUT2D eigenvalue weighted by molar-refractivity contribution is -0.123. The van der Waals surface area contributed by atoms with Crippen LogP contribution in [0.4, 0.5) is 5.69 Å². The van der Waals surface area contributed by atoms with Crippen molar-refractivity contribution in [2.24, 2.45) is 11.7 Å². The number of carbonyl (C=O) groups is 2. The van der Waals surface area contributed by atoms with Crippen LogP contribution in [0.5, 0.6) is 0 Å². The van der Waals surface area contributed by atoms with E-state index in [2.05, 4.69) is 27.0 Å². The first-order valence-corrected chi connectivity index (χ1v) is 9.53. The standard InChI is InChI=1S/C19H29N5O2/c1-14-2-4-15(5-3-14)22-18(25)13-23-8-10-24(11-9-23)17-6-7-21-12-16(17)19(20)26/h6-7,12,14-15H,2-5,8-11,13H2,1H3,(H2,20,26)(H,22,25). The SMILES string of the molecule is CC1CCC(NC(=O)CN2CCN(c3ccncc3C(N)=O)CC2)CC1. The molecule has 0 atom stereocenters. The van der Waals surface area contributed by atoms with Gasteiger partial charge in [-0.25, -0.2) is 0 Å². The third-order valence-electron chi connectivity index (χ3n) is 5.52. The second kappa shape index (κ2) is 8.49. The minimum atomic E-state index is -0.461. The summed E-state index contributed by atoms with van der Waals surface area (Å²) in [6.07, 6.45) is 7.79. The Bertz CT molecular complexity index is 635. The van der Waals surface area contributed by atoms with Crippen molar-refractivity contribution in [2.45, 2.75) is 38.6 Å². The minimum absolute atomic E-state index is 0.125. The summed E-state index contributed by atoms with van der Waals surface area (Å²) in [6, 6.07) is 2.17. The molecule has 2 heterocycles. The second-order valence-corrected chi connectivity index (χ2v) is 7.54. The fraction of sp³-hybridized carbons (Fsp3) is 0.632. The fourth-order valence-corrected chi connectivity index (χ4v) is 3.88. The predicted molar refractivity (Wildman–Crippen MR) is 101 cm³/mol. The number of nitrogens with zero attached hydrogens (tertiary/aromatic N) is 3. The monoisotopic (exact) mass is 359 g/mol. The number of aromatic nitrogens is 1. The van der Waals surface area contributed by atoms with E-state index in [-0.39, 0.29) is 5.91 Å². The zero-order valence-electron chi connectivity index (χ0n) is 15.5. The van der Waals surface area contributed by atoms with Gasteiger partial charge in [-0.1, -0.05) is 6.92 Å². The first-order chi connectivity index (χ1) is 12.5. The van der Waals surface area contributed by atoms with Gasteiger partial charge >= 0.3 is 0 Å². The predicted octanol–water partition coefficient (Wildman–Crippen LogP) is 0.997. The molecule has 1 saturated carbocycles. The molecule has 3 rings (SSSR count). The molecule has 2 aliphatic rings. The average molecular weight is 359 g/mol. The molecule has 7 nitrogen and oxygen atoms in total. The van der Waals surface area contributed by atoms with Crippen molar-refractivity contribution in [3.63, 3.8) is 0 Å². The Morgan fingerprint density at radius 3 is 2.54 bits per heavy atom. The van der Waals surface area contributed by atoms with Crippen molar-refractivity contribution in [1.29, 1.82) is 0 Å². The van der Waals surface area contributed by atoms with E-state index in [0.29, 0.717) is 18.2 Å². The van der Waals surface area contributed by atoms with E-state index >= 15 is 0 Å².